The largest absolute Gasteiger partial charge is 0.343 e. The Bertz CT molecular complexity index is 776. The van der Waals surface area contributed by atoms with Gasteiger partial charge in [0.2, 0.25) is 0 Å². The zero-order chi connectivity index (χ0) is 13.9. The van der Waals surface area contributed by atoms with E-state index in [1.54, 1.807) is 0 Å². The van der Waals surface area contributed by atoms with E-state index in [0.29, 0.717) is 0 Å². The lowest BCUT2D eigenvalue weighted by Crippen LogP contribution is -2.02. The van der Waals surface area contributed by atoms with Crippen molar-refractivity contribution in [3.8, 4) is 6.07 Å². The summed E-state index contributed by atoms with van der Waals surface area (Å²) in [7, 11) is 0. The Balaban J connectivity index is 2.21. The van der Waals surface area contributed by atoms with Crippen LogP contribution in [-0.2, 0) is 13.0 Å². The molecule has 0 radical (unpaired) electrons. The van der Waals surface area contributed by atoms with Gasteiger partial charge in [0.15, 0.2) is 0 Å². The normalized spacial score (nSPS) is 10.6. The van der Waals surface area contributed by atoms with Crippen molar-refractivity contribution in [2.24, 2.45) is 0 Å². The molecule has 0 N–H and O–H groups in total. The maximum absolute atomic E-state index is 9.54. The first-order chi connectivity index (χ1) is 9.85. The average Bonchev–Trinajstić information content (AvgIpc) is 2.80. The summed E-state index contributed by atoms with van der Waals surface area (Å²) in [5, 5.41) is 10.6. The fourth-order valence-corrected chi connectivity index (χ4v) is 2.82. The Morgan fingerprint density at radius 1 is 1.00 bits per heavy atom. The maximum atomic E-state index is 9.54. The van der Waals surface area contributed by atoms with Crippen LogP contribution in [0.3, 0.4) is 0 Å². The number of para-hydroxylation sites is 1. The van der Waals surface area contributed by atoms with E-state index in [-0.39, 0.29) is 0 Å². The van der Waals surface area contributed by atoms with Crippen molar-refractivity contribution in [1.82, 2.24) is 4.57 Å². The van der Waals surface area contributed by atoms with Crippen molar-refractivity contribution in [2.75, 3.05) is 0 Å². The van der Waals surface area contributed by atoms with Gasteiger partial charge in [-0.05, 0) is 18.6 Å². The lowest BCUT2D eigenvalue weighted by atomic mass is 10.1. The van der Waals surface area contributed by atoms with Crippen LogP contribution in [0.4, 0.5) is 0 Å². The van der Waals surface area contributed by atoms with Gasteiger partial charge < -0.3 is 4.57 Å². The maximum Gasteiger partial charge on any atom is 0.102 e. The van der Waals surface area contributed by atoms with E-state index in [4.69, 9.17) is 0 Å². The van der Waals surface area contributed by atoms with Crippen molar-refractivity contribution < 1.29 is 0 Å². The fourth-order valence-electron chi connectivity index (χ4n) is 2.82. The molecule has 0 bridgehead atoms. The van der Waals surface area contributed by atoms with Gasteiger partial charge in [-0.15, -0.1) is 0 Å². The number of nitrogens with zero attached hydrogens (tertiary/aromatic N) is 2. The summed E-state index contributed by atoms with van der Waals surface area (Å²) in [6, 6.07) is 20.9. The number of hydrogen-bond acceptors (Lipinski definition) is 1. The highest BCUT2D eigenvalue weighted by atomic mass is 15.0. The zero-order valence-corrected chi connectivity index (χ0v) is 11.5. The molecule has 98 valence electrons. The molecular weight excluding hydrogens is 244 g/mol. The monoisotopic (exact) mass is 260 g/mol. The van der Waals surface area contributed by atoms with E-state index in [0.717, 1.165) is 35.1 Å². The van der Waals surface area contributed by atoms with E-state index >= 15 is 0 Å². The molecule has 3 rings (SSSR count). The highest BCUT2D eigenvalue weighted by Gasteiger charge is 2.15. The predicted octanol–water partition coefficient (Wildman–Crippen LogP) is 4.12. The first-order valence-electron chi connectivity index (χ1n) is 6.89. The minimum atomic E-state index is 0.798. The van der Waals surface area contributed by atoms with Crippen LogP contribution in [0.1, 0.15) is 23.7 Å². The number of rotatable bonds is 3. The van der Waals surface area contributed by atoms with Crippen LogP contribution in [0.2, 0.25) is 0 Å². The summed E-state index contributed by atoms with van der Waals surface area (Å²) in [5.41, 5.74) is 4.31. The predicted molar refractivity (Wildman–Crippen MR) is 81.6 cm³/mol. The van der Waals surface area contributed by atoms with Gasteiger partial charge >= 0.3 is 0 Å². The third-order valence-electron chi connectivity index (χ3n) is 3.72. The second-order valence-electron chi connectivity index (χ2n) is 4.86. The molecule has 2 nitrogen and oxygen atoms in total. The Labute approximate surface area is 118 Å². The van der Waals surface area contributed by atoms with Crippen LogP contribution in [0.25, 0.3) is 10.9 Å². The van der Waals surface area contributed by atoms with Gasteiger partial charge in [0, 0.05) is 29.6 Å². The van der Waals surface area contributed by atoms with Crippen LogP contribution >= 0.6 is 0 Å². The summed E-state index contributed by atoms with van der Waals surface area (Å²) in [4.78, 5) is 0. The van der Waals surface area contributed by atoms with Crippen LogP contribution in [0, 0.1) is 11.3 Å². The van der Waals surface area contributed by atoms with Gasteiger partial charge in [-0.25, -0.2) is 0 Å². The first kappa shape index (κ1) is 12.5. The number of fused-ring (bicyclic) bond motifs is 1. The van der Waals surface area contributed by atoms with Gasteiger partial charge in [-0.1, -0.05) is 48.5 Å². The number of aromatic nitrogens is 1. The van der Waals surface area contributed by atoms with E-state index in [1.807, 2.05) is 36.4 Å². The molecular formula is C18H16N2. The summed E-state index contributed by atoms with van der Waals surface area (Å²) >= 11 is 0. The van der Waals surface area contributed by atoms with Gasteiger partial charge in [0.05, 0.1) is 5.56 Å². The lowest BCUT2D eigenvalue weighted by Gasteiger charge is -2.08. The van der Waals surface area contributed by atoms with Crippen molar-refractivity contribution in [1.29, 1.82) is 5.26 Å². The molecule has 2 heteroatoms. The SMILES string of the molecule is CCn1c(Cc2ccccc2)c(C#N)c2ccccc21. The van der Waals surface area contributed by atoms with Crippen LogP contribution in [-0.4, -0.2) is 4.57 Å². The van der Waals surface area contributed by atoms with Crippen molar-refractivity contribution in [2.45, 2.75) is 19.9 Å². The second-order valence-corrected chi connectivity index (χ2v) is 4.86. The topological polar surface area (TPSA) is 28.7 Å². The third kappa shape index (κ3) is 1.98. The van der Waals surface area contributed by atoms with E-state index < -0.39 is 0 Å². The molecule has 0 fully saturated rings. The van der Waals surface area contributed by atoms with Crippen molar-refractivity contribution in [3.05, 3.63) is 71.4 Å². The zero-order valence-electron chi connectivity index (χ0n) is 11.5. The highest BCUT2D eigenvalue weighted by molar-refractivity contribution is 5.88. The summed E-state index contributed by atoms with van der Waals surface area (Å²) in [6.07, 6.45) is 0.798. The molecule has 0 saturated heterocycles. The molecule has 0 saturated carbocycles. The molecule has 1 aromatic heterocycles. The summed E-state index contributed by atoms with van der Waals surface area (Å²) < 4.78 is 2.25. The van der Waals surface area contributed by atoms with Crippen molar-refractivity contribution in [3.63, 3.8) is 0 Å². The Morgan fingerprint density at radius 2 is 1.70 bits per heavy atom. The minimum absolute atomic E-state index is 0.798. The van der Waals surface area contributed by atoms with E-state index in [9.17, 15) is 5.26 Å². The molecule has 0 aliphatic carbocycles. The molecule has 0 atom stereocenters. The van der Waals surface area contributed by atoms with Gasteiger partial charge in [0.1, 0.15) is 6.07 Å². The number of nitriles is 1. The fraction of sp³-hybridized carbons (Fsp3) is 0.167. The average molecular weight is 260 g/mol. The highest BCUT2D eigenvalue weighted by Crippen LogP contribution is 2.27. The van der Waals surface area contributed by atoms with Crippen LogP contribution in [0.5, 0.6) is 0 Å². The molecule has 0 aliphatic heterocycles. The molecule has 0 amide bonds. The molecule has 0 aliphatic rings. The standard InChI is InChI=1S/C18H16N2/c1-2-20-17-11-7-6-10-15(17)16(13-19)18(20)12-14-8-4-3-5-9-14/h3-11H,2,12H2,1H3. The molecule has 3 aromatic rings. The molecule has 2 aromatic carbocycles. The van der Waals surface area contributed by atoms with E-state index in [2.05, 4.69) is 35.8 Å². The third-order valence-corrected chi connectivity index (χ3v) is 3.72. The molecule has 0 spiro atoms. The van der Waals surface area contributed by atoms with Gasteiger partial charge in [-0.3, -0.25) is 0 Å². The lowest BCUT2D eigenvalue weighted by molar-refractivity contribution is 0.751. The van der Waals surface area contributed by atoms with Crippen LogP contribution in [0.15, 0.2) is 54.6 Å². The number of benzene rings is 2. The smallest absolute Gasteiger partial charge is 0.102 e. The van der Waals surface area contributed by atoms with Gasteiger partial charge in [-0.2, -0.15) is 5.26 Å². The quantitative estimate of drug-likeness (QED) is 0.696. The molecule has 1 heterocycles. The summed E-state index contributed by atoms with van der Waals surface area (Å²) in [6.45, 7) is 3.01. The Hall–Kier alpha value is -2.53. The summed E-state index contributed by atoms with van der Waals surface area (Å²) in [5.74, 6) is 0. The second kappa shape index (κ2) is 5.22. The number of aryl methyl sites for hydroxylation is 1. The Kier molecular flexibility index (Phi) is 3.26. The van der Waals surface area contributed by atoms with E-state index in [1.165, 1.54) is 5.56 Å². The molecule has 20 heavy (non-hydrogen) atoms. The first-order valence-corrected chi connectivity index (χ1v) is 6.89. The minimum Gasteiger partial charge on any atom is -0.343 e. The van der Waals surface area contributed by atoms with Gasteiger partial charge in [0.25, 0.3) is 0 Å². The van der Waals surface area contributed by atoms with Crippen molar-refractivity contribution >= 4 is 10.9 Å². The Morgan fingerprint density at radius 3 is 2.40 bits per heavy atom. The number of hydrogen-bond donors (Lipinski definition) is 0. The molecule has 0 unspecified atom stereocenters. The van der Waals surface area contributed by atoms with Crippen LogP contribution < -0.4 is 0 Å².